The maximum atomic E-state index is 10.3. The van der Waals surface area contributed by atoms with Crippen LogP contribution in [0.4, 0.5) is 5.69 Å². The van der Waals surface area contributed by atoms with Crippen molar-refractivity contribution in [3.63, 3.8) is 0 Å². The number of hydrogen-bond acceptors (Lipinski definition) is 3. The second kappa shape index (κ2) is 9.71. The third-order valence-corrected chi connectivity index (χ3v) is 8.29. The zero-order chi connectivity index (χ0) is 29.8. The van der Waals surface area contributed by atoms with Crippen molar-refractivity contribution >= 4 is 49.3 Å². The van der Waals surface area contributed by atoms with Crippen LogP contribution in [0, 0.1) is 29.2 Å². The smallest absolute Gasteiger partial charge is 0.188 e. The molecule has 0 saturated heterocycles. The molecule has 8 aromatic rings. The van der Waals surface area contributed by atoms with E-state index in [0.717, 1.165) is 66.1 Å². The zero-order valence-electron chi connectivity index (χ0n) is 23.2. The minimum absolute atomic E-state index is 0.546. The van der Waals surface area contributed by atoms with Crippen LogP contribution in [0.2, 0.25) is 0 Å². The fourth-order valence-corrected chi connectivity index (χ4v) is 6.44. The van der Waals surface area contributed by atoms with Gasteiger partial charge in [0, 0.05) is 27.3 Å². The molecule has 44 heavy (non-hydrogen) atoms. The highest BCUT2D eigenvalue weighted by atomic mass is 15.0. The summed E-state index contributed by atoms with van der Waals surface area (Å²) in [5.74, 6) is 0. The van der Waals surface area contributed by atoms with Crippen molar-refractivity contribution in [1.29, 1.82) is 10.5 Å². The molecule has 0 N–H and O–H groups in total. The highest BCUT2D eigenvalue weighted by molar-refractivity contribution is 6.12. The van der Waals surface area contributed by atoms with E-state index in [-0.39, 0.29) is 0 Å². The fourth-order valence-electron chi connectivity index (χ4n) is 6.44. The molecule has 0 aliphatic rings. The maximum absolute atomic E-state index is 10.3. The first-order valence-corrected chi connectivity index (χ1v) is 14.0. The molecule has 0 aliphatic carbocycles. The topological polar surface area (TPSA) is 74.7 Å². The zero-order valence-corrected chi connectivity index (χ0v) is 23.2. The summed E-state index contributed by atoms with van der Waals surface area (Å²) in [6.45, 7) is 7.61. The fraction of sp³-hybridized carbons (Fsp3) is 0. The summed E-state index contributed by atoms with van der Waals surface area (Å²) in [7, 11) is 0. The minimum Gasteiger partial charge on any atom is -0.307 e. The first-order valence-electron chi connectivity index (χ1n) is 14.0. The Kier molecular flexibility index (Phi) is 5.53. The summed E-state index contributed by atoms with van der Waals surface area (Å²) in [6, 6.07) is 40.1. The van der Waals surface area contributed by atoms with Crippen molar-refractivity contribution < 1.29 is 0 Å². The van der Waals surface area contributed by atoms with Gasteiger partial charge in [-0.15, -0.1) is 0 Å². The number of fused-ring (bicyclic) bond motifs is 6. The lowest BCUT2D eigenvalue weighted by Gasteiger charge is -2.20. The monoisotopic (exact) mass is 560 g/mol. The van der Waals surface area contributed by atoms with E-state index in [0.29, 0.717) is 16.8 Å². The van der Waals surface area contributed by atoms with E-state index in [1.54, 1.807) is 0 Å². The van der Waals surface area contributed by atoms with E-state index in [9.17, 15) is 10.5 Å². The van der Waals surface area contributed by atoms with E-state index < -0.39 is 0 Å². The number of aromatic nitrogens is 3. The Balaban J connectivity index is 1.57. The van der Waals surface area contributed by atoms with Crippen LogP contribution in [0.5, 0.6) is 0 Å². The number of rotatable bonds is 3. The molecule has 3 aromatic heterocycles. The van der Waals surface area contributed by atoms with Gasteiger partial charge in [0.15, 0.2) is 5.69 Å². The summed E-state index contributed by atoms with van der Waals surface area (Å²) in [5, 5.41) is 23.9. The van der Waals surface area contributed by atoms with Gasteiger partial charge in [-0.2, -0.15) is 10.5 Å². The largest absolute Gasteiger partial charge is 0.307 e. The molecule has 5 aromatic carbocycles. The number of nitriles is 2. The number of nitrogens with zero attached hydrogens (tertiary/aromatic N) is 6. The molecule has 0 radical (unpaired) electrons. The van der Waals surface area contributed by atoms with Gasteiger partial charge in [0.1, 0.15) is 0 Å². The predicted molar refractivity (Wildman–Crippen MR) is 174 cm³/mol. The van der Waals surface area contributed by atoms with Gasteiger partial charge in [-0.05, 0) is 53.9 Å². The van der Waals surface area contributed by atoms with Gasteiger partial charge in [0.05, 0.1) is 75.7 Å². The Morgan fingerprint density at radius 3 is 1.80 bits per heavy atom. The van der Waals surface area contributed by atoms with Gasteiger partial charge in [-0.1, -0.05) is 60.7 Å². The molecular formula is C38H20N6. The van der Waals surface area contributed by atoms with Crippen LogP contribution in [0.3, 0.4) is 0 Å². The molecule has 0 fully saturated rings. The van der Waals surface area contributed by atoms with Gasteiger partial charge in [-0.25, -0.2) is 4.85 Å². The maximum Gasteiger partial charge on any atom is 0.188 e. The van der Waals surface area contributed by atoms with Gasteiger partial charge in [0.2, 0.25) is 0 Å². The summed E-state index contributed by atoms with van der Waals surface area (Å²) in [6.07, 6.45) is 3.70. The Morgan fingerprint density at radius 2 is 1.16 bits per heavy atom. The van der Waals surface area contributed by atoms with Gasteiger partial charge >= 0.3 is 0 Å². The minimum atomic E-state index is 0.546. The molecule has 3 heterocycles. The molecule has 6 heteroatoms. The highest BCUT2D eigenvalue weighted by Gasteiger charge is 2.23. The van der Waals surface area contributed by atoms with Crippen molar-refractivity contribution in [2.45, 2.75) is 0 Å². The van der Waals surface area contributed by atoms with E-state index in [1.165, 1.54) is 0 Å². The van der Waals surface area contributed by atoms with E-state index >= 15 is 0 Å². The van der Waals surface area contributed by atoms with Crippen molar-refractivity contribution in [3.05, 3.63) is 144 Å². The quantitative estimate of drug-likeness (QED) is 0.202. The van der Waals surface area contributed by atoms with Crippen LogP contribution in [0.25, 0.3) is 71.0 Å². The van der Waals surface area contributed by atoms with Crippen LogP contribution >= 0.6 is 0 Å². The lowest BCUT2D eigenvalue weighted by atomic mass is 9.97. The van der Waals surface area contributed by atoms with Gasteiger partial charge in [0.25, 0.3) is 0 Å². The Hall–Kier alpha value is -6.68. The molecule has 0 unspecified atom stereocenters. The number of para-hydroxylation sites is 2. The van der Waals surface area contributed by atoms with Crippen LogP contribution in [-0.2, 0) is 0 Å². The van der Waals surface area contributed by atoms with Crippen molar-refractivity contribution in [3.8, 4) is 34.6 Å². The first-order chi connectivity index (χ1) is 21.7. The number of pyridine rings is 1. The Labute approximate surface area is 252 Å². The molecule has 0 amide bonds. The normalized spacial score (nSPS) is 11.1. The summed E-state index contributed by atoms with van der Waals surface area (Å²) < 4.78 is 4.36. The number of benzene rings is 5. The molecule has 0 bridgehead atoms. The van der Waals surface area contributed by atoms with Crippen LogP contribution in [0.1, 0.15) is 11.1 Å². The predicted octanol–water partition coefficient (Wildman–Crippen LogP) is 9.24. The number of hydrogen-bond donors (Lipinski definition) is 0. The SMILES string of the molecule is [C-]#[N+]c1ccc2c(c1)c1ccccc1n2-c1cncc(-n2c3ccccc3c3cc(C#N)ccc32)c1-c1ccccc1C#N. The second-order valence-corrected chi connectivity index (χ2v) is 10.6. The van der Waals surface area contributed by atoms with Crippen molar-refractivity contribution in [1.82, 2.24) is 14.1 Å². The first kappa shape index (κ1) is 25.1. The Morgan fingerprint density at radius 1 is 0.591 bits per heavy atom. The van der Waals surface area contributed by atoms with Gasteiger partial charge < -0.3 is 9.13 Å². The second-order valence-electron chi connectivity index (χ2n) is 10.6. The summed E-state index contributed by atoms with van der Waals surface area (Å²) in [4.78, 5) is 8.49. The lowest BCUT2D eigenvalue weighted by Crippen LogP contribution is -2.05. The molecule has 0 saturated carbocycles. The Bertz CT molecular complexity index is 2450. The van der Waals surface area contributed by atoms with Crippen LogP contribution in [-0.4, -0.2) is 14.1 Å². The van der Waals surface area contributed by atoms with Crippen molar-refractivity contribution in [2.24, 2.45) is 0 Å². The molecule has 6 nitrogen and oxygen atoms in total. The molecular weight excluding hydrogens is 540 g/mol. The third-order valence-electron chi connectivity index (χ3n) is 8.29. The molecule has 0 spiro atoms. The highest BCUT2D eigenvalue weighted by Crippen LogP contribution is 2.42. The average molecular weight is 561 g/mol. The van der Waals surface area contributed by atoms with Crippen molar-refractivity contribution in [2.75, 3.05) is 0 Å². The van der Waals surface area contributed by atoms with Gasteiger partial charge in [-0.3, -0.25) is 4.98 Å². The summed E-state index contributed by atoms with van der Waals surface area (Å²) >= 11 is 0. The molecule has 0 atom stereocenters. The molecule has 202 valence electrons. The molecule has 0 aliphatic heterocycles. The lowest BCUT2D eigenvalue weighted by molar-refractivity contribution is 1.09. The molecule has 8 rings (SSSR count). The van der Waals surface area contributed by atoms with E-state index in [1.807, 2.05) is 97.3 Å². The average Bonchev–Trinajstić information content (AvgIpc) is 3.59. The third kappa shape index (κ3) is 3.55. The van der Waals surface area contributed by atoms with Crippen LogP contribution < -0.4 is 0 Å². The van der Waals surface area contributed by atoms with E-state index in [4.69, 9.17) is 11.6 Å². The van der Waals surface area contributed by atoms with Crippen LogP contribution in [0.15, 0.2) is 122 Å². The van der Waals surface area contributed by atoms with E-state index in [2.05, 4.69) is 50.4 Å². The summed E-state index contributed by atoms with van der Waals surface area (Å²) in [5.41, 5.74) is 8.78. The standard InChI is InChI=1S/C38H20N6/c1-41-26-15-17-35-31(19-26)29-11-5-7-13-33(29)44(35)37-23-42-22-36(38(37)27-9-3-2-8-25(27)21-40)43-32-12-6-4-10-28(32)30-18-24(20-39)14-16-34(30)43/h2-19,22-23H.